The number of piperazine rings is 1. The molecular weight excluding hydrogens is 349 g/mol. The number of nitrogens with zero attached hydrogens (tertiary/aromatic N) is 3. The van der Waals surface area contributed by atoms with Crippen molar-refractivity contribution in [1.29, 1.82) is 0 Å². The molecule has 1 amide bonds. The summed E-state index contributed by atoms with van der Waals surface area (Å²) in [5.41, 5.74) is 4.25. The van der Waals surface area contributed by atoms with Crippen molar-refractivity contribution in [1.82, 2.24) is 9.88 Å². The highest BCUT2D eigenvalue weighted by Crippen LogP contribution is 2.28. The Kier molecular flexibility index (Phi) is 4.67. The molecule has 0 unspecified atom stereocenters. The number of hydrogen-bond acceptors (Lipinski definition) is 4. The highest BCUT2D eigenvalue weighted by Gasteiger charge is 2.26. The topological polar surface area (TPSA) is 36.4 Å². The summed E-state index contributed by atoms with van der Waals surface area (Å²) >= 11 is 1.49. The first-order chi connectivity index (χ1) is 12.7. The summed E-state index contributed by atoms with van der Waals surface area (Å²) < 4.78 is 13.1. The fourth-order valence-corrected chi connectivity index (χ4v) is 3.95. The van der Waals surface area contributed by atoms with Crippen molar-refractivity contribution >= 4 is 22.9 Å². The fraction of sp³-hybridized carbons (Fsp3) is 0.200. The summed E-state index contributed by atoms with van der Waals surface area (Å²) in [4.78, 5) is 22.2. The van der Waals surface area contributed by atoms with E-state index in [0.717, 1.165) is 29.2 Å². The minimum Gasteiger partial charge on any atom is -0.368 e. The zero-order valence-corrected chi connectivity index (χ0v) is 15.0. The van der Waals surface area contributed by atoms with E-state index in [1.807, 2.05) is 35.2 Å². The molecule has 0 atom stereocenters. The van der Waals surface area contributed by atoms with Crippen LogP contribution in [-0.2, 0) is 0 Å². The Morgan fingerprint density at radius 2 is 1.65 bits per heavy atom. The lowest BCUT2D eigenvalue weighted by atomic mass is 10.1. The first kappa shape index (κ1) is 16.7. The Bertz CT molecular complexity index is 887. The van der Waals surface area contributed by atoms with Crippen LogP contribution in [0.15, 0.2) is 60.1 Å². The van der Waals surface area contributed by atoms with Gasteiger partial charge in [0.05, 0.1) is 10.4 Å². The summed E-state index contributed by atoms with van der Waals surface area (Å²) in [6.45, 7) is 2.70. The molecule has 2 heterocycles. The molecule has 0 spiro atoms. The lowest BCUT2D eigenvalue weighted by Gasteiger charge is -2.36. The van der Waals surface area contributed by atoms with Crippen LogP contribution in [0.4, 0.5) is 10.1 Å². The number of amides is 1. The van der Waals surface area contributed by atoms with E-state index < -0.39 is 0 Å². The monoisotopic (exact) mass is 367 g/mol. The minimum atomic E-state index is -0.237. The molecule has 4 rings (SSSR count). The predicted octanol–water partition coefficient (Wildman–Crippen LogP) is 3.91. The third-order valence-corrected chi connectivity index (χ3v) is 5.44. The van der Waals surface area contributed by atoms with Gasteiger partial charge in [-0.1, -0.05) is 30.3 Å². The number of thiazole rings is 1. The van der Waals surface area contributed by atoms with E-state index in [2.05, 4.69) is 9.88 Å². The Hall–Kier alpha value is -2.73. The molecule has 0 saturated carbocycles. The Morgan fingerprint density at radius 1 is 0.962 bits per heavy atom. The average Bonchev–Trinajstić information content (AvgIpc) is 3.19. The summed E-state index contributed by atoms with van der Waals surface area (Å²) in [6.07, 6.45) is 0. The van der Waals surface area contributed by atoms with Crippen LogP contribution in [0.5, 0.6) is 0 Å². The van der Waals surface area contributed by atoms with Crippen LogP contribution in [-0.4, -0.2) is 42.0 Å². The highest BCUT2D eigenvalue weighted by molar-refractivity contribution is 7.13. The Morgan fingerprint density at radius 3 is 2.35 bits per heavy atom. The molecule has 26 heavy (non-hydrogen) atoms. The van der Waals surface area contributed by atoms with Crippen molar-refractivity contribution in [3.63, 3.8) is 0 Å². The van der Waals surface area contributed by atoms with E-state index in [0.29, 0.717) is 18.8 Å². The highest BCUT2D eigenvalue weighted by atomic mass is 32.1. The molecule has 1 fully saturated rings. The van der Waals surface area contributed by atoms with Gasteiger partial charge in [-0.25, -0.2) is 9.37 Å². The van der Waals surface area contributed by atoms with Gasteiger partial charge in [0.1, 0.15) is 11.5 Å². The largest absolute Gasteiger partial charge is 0.368 e. The molecule has 2 aromatic carbocycles. The Labute approximate surface area is 155 Å². The summed E-state index contributed by atoms with van der Waals surface area (Å²) in [5.74, 6) is -0.261. The number of rotatable bonds is 3. The van der Waals surface area contributed by atoms with Crippen LogP contribution in [0.2, 0.25) is 0 Å². The first-order valence-electron chi connectivity index (χ1n) is 8.51. The molecule has 1 aromatic heterocycles. The first-order valence-corrected chi connectivity index (χ1v) is 9.39. The number of halogens is 1. The predicted molar refractivity (Wildman–Crippen MR) is 102 cm³/mol. The maximum Gasteiger partial charge on any atom is 0.274 e. The zero-order chi connectivity index (χ0) is 17.9. The van der Waals surface area contributed by atoms with Crippen LogP contribution < -0.4 is 4.90 Å². The van der Waals surface area contributed by atoms with Gasteiger partial charge in [0.25, 0.3) is 5.91 Å². The van der Waals surface area contributed by atoms with Gasteiger partial charge in [-0.2, -0.15) is 0 Å². The van der Waals surface area contributed by atoms with Crippen LogP contribution in [0.1, 0.15) is 10.5 Å². The van der Waals surface area contributed by atoms with Crippen molar-refractivity contribution in [3.8, 4) is 10.4 Å². The smallest absolute Gasteiger partial charge is 0.274 e. The van der Waals surface area contributed by atoms with Crippen LogP contribution in [0.3, 0.4) is 0 Å². The molecule has 0 aliphatic carbocycles. The van der Waals surface area contributed by atoms with E-state index in [4.69, 9.17) is 0 Å². The molecule has 3 aromatic rings. The van der Waals surface area contributed by atoms with Crippen LogP contribution in [0, 0.1) is 5.82 Å². The lowest BCUT2D eigenvalue weighted by Crippen LogP contribution is -2.49. The quantitative estimate of drug-likeness (QED) is 0.704. The number of carbonyl (C=O) groups is 1. The number of aromatic nitrogens is 1. The van der Waals surface area contributed by atoms with Gasteiger partial charge in [-0.05, 0) is 29.8 Å². The standard InChI is InChI=1S/C20H18FN3OS/c21-16-6-8-17(9-7-16)23-10-12-24(13-11-23)20(25)18-19(26-14-22-18)15-4-2-1-3-5-15/h1-9,14H,10-13H2. The second-order valence-corrected chi connectivity index (χ2v) is 7.01. The molecule has 1 aliphatic rings. The molecular formula is C20H18FN3OS. The summed E-state index contributed by atoms with van der Waals surface area (Å²) in [6, 6.07) is 16.4. The third kappa shape index (κ3) is 3.32. The number of anilines is 1. The Balaban J connectivity index is 1.46. The molecule has 0 bridgehead atoms. The summed E-state index contributed by atoms with van der Waals surface area (Å²) in [5, 5.41) is 0. The van der Waals surface area contributed by atoms with Crippen LogP contribution >= 0.6 is 11.3 Å². The molecule has 6 heteroatoms. The van der Waals surface area contributed by atoms with Crippen molar-refractivity contribution in [3.05, 3.63) is 71.6 Å². The van der Waals surface area contributed by atoms with Gasteiger partial charge < -0.3 is 9.80 Å². The van der Waals surface area contributed by atoms with Gasteiger partial charge in [0, 0.05) is 31.9 Å². The summed E-state index contributed by atoms with van der Waals surface area (Å²) in [7, 11) is 0. The second kappa shape index (κ2) is 7.25. The normalized spacial score (nSPS) is 14.5. The van der Waals surface area contributed by atoms with E-state index in [9.17, 15) is 9.18 Å². The number of benzene rings is 2. The zero-order valence-electron chi connectivity index (χ0n) is 14.1. The molecule has 0 radical (unpaired) electrons. The molecule has 4 nitrogen and oxygen atoms in total. The van der Waals surface area contributed by atoms with Gasteiger partial charge >= 0.3 is 0 Å². The van der Waals surface area contributed by atoms with Crippen molar-refractivity contribution in [2.24, 2.45) is 0 Å². The maximum atomic E-state index is 13.1. The van der Waals surface area contributed by atoms with Crippen molar-refractivity contribution < 1.29 is 9.18 Å². The third-order valence-electron chi connectivity index (χ3n) is 4.56. The molecule has 132 valence electrons. The van der Waals surface area contributed by atoms with E-state index in [1.54, 1.807) is 17.6 Å². The van der Waals surface area contributed by atoms with E-state index in [1.165, 1.54) is 23.5 Å². The van der Waals surface area contributed by atoms with Crippen molar-refractivity contribution in [2.45, 2.75) is 0 Å². The lowest BCUT2D eigenvalue weighted by molar-refractivity contribution is 0.0742. The van der Waals surface area contributed by atoms with Crippen molar-refractivity contribution in [2.75, 3.05) is 31.1 Å². The molecule has 1 saturated heterocycles. The minimum absolute atomic E-state index is 0.0242. The van der Waals surface area contributed by atoms with Crippen LogP contribution in [0.25, 0.3) is 10.4 Å². The van der Waals surface area contributed by atoms with Gasteiger partial charge in [-0.15, -0.1) is 11.3 Å². The van der Waals surface area contributed by atoms with E-state index >= 15 is 0 Å². The fourth-order valence-electron chi connectivity index (χ4n) is 3.16. The number of hydrogen-bond donors (Lipinski definition) is 0. The maximum absolute atomic E-state index is 13.1. The van der Waals surface area contributed by atoms with Gasteiger partial charge in [0.15, 0.2) is 0 Å². The molecule has 1 aliphatic heterocycles. The SMILES string of the molecule is O=C(c1ncsc1-c1ccccc1)N1CCN(c2ccc(F)cc2)CC1. The van der Waals surface area contributed by atoms with Gasteiger partial charge in [0.2, 0.25) is 0 Å². The van der Waals surface area contributed by atoms with E-state index in [-0.39, 0.29) is 11.7 Å². The number of carbonyl (C=O) groups excluding carboxylic acids is 1. The average molecular weight is 367 g/mol. The van der Waals surface area contributed by atoms with Gasteiger partial charge in [-0.3, -0.25) is 4.79 Å². The molecule has 0 N–H and O–H groups in total. The second-order valence-electron chi connectivity index (χ2n) is 6.15.